The fraction of sp³-hybridized carbons (Fsp3) is 0.0645. The number of hydrogen-bond donors (Lipinski definition) is 2. The van der Waals surface area contributed by atoms with Gasteiger partial charge >= 0.3 is 11.9 Å². The molecule has 0 saturated carbocycles. The van der Waals surface area contributed by atoms with Crippen LogP contribution in [0, 0.1) is 0 Å². The lowest BCUT2D eigenvalue weighted by molar-refractivity contribution is 0.0686. The summed E-state index contributed by atoms with van der Waals surface area (Å²) in [6, 6.07) is 16.3. The highest BCUT2D eigenvalue weighted by molar-refractivity contribution is 7.19. The number of hydrogen-bond acceptors (Lipinski definition) is 10. The number of nitrogens with zero attached hydrogens (tertiary/aromatic N) is 3. The van der Waals surface area contributed by atoms with Gasteiger partial charge in [0.05, 0.1) is 40.2 Å². The van der Waals surface area contributed by atoms with E-state index in [1.54, 1.807) is 24.6 Å². The number of pyridine rings is 3. The zero-order chi connectivity index (χ0) is 29.5. The third-order valence-corrected chi connectivity index (χ3v) is 7.80. The Morgan fingerprint density at radius 1 is 0.698 bits per heavy atom. The SMILES string of the molecule is O=C(O)c1ccnc(-c2cc(C(=O)O)cc(-c3cc(-c4ccc(-c5sc(-c6ccco6)c6c5OCCO6)o4)ccn3)n2)c1. The average molecular weight is 594 g/mol. The Hall–Kier alpha value is -5.75. The first kappa shape index (κ1) is 26.2. The van der Waals surface area contributed by atoms with Gasteiger partial charge < -0.3 is 28.5 Å². The molecule has 11 nitrogen and oxygen atoms in total. The highest BCUT2D eigenvalue weighted by Gasteiger charge is 2.29. The molecule has 12 heteroatoms. The van der Waals surface area contributed by atoms with Gasteiger partial charge in [0.25, 0.3) is 0 Å². The molecule has 43 heavy (non-hydrogen) atoms. The van der Waals surface area contributed by atoms with Crippen molar-refractivity contribution in [2.24, 2.45) is 0 Å². The second-order valence-electron chi connectivity index (χ2n) is 9.35. The van der Waals surface area contributed by atoms with Crippen molar-refractivity contribution in [3.8, 4) is 66.9 Å². The van der Waals surface area contributed by atoms with Crippen LogP contribution >= 0.6 is 11.3 Å². The van der Waals surface area contributed by atoms with Crippen LogP contribution < -0.4 is 9.47 Å². The summed E-state index contributed by atoms with van der Waals surface area (Å²) in [6.45, 7) is 0.843. The Balaban J connectivity index is 1.26. The standard InChI is InChI=1S/C31H19N3O8S/c35-30(36)17-6-8-33-20(13-17)22-15-18(31(37)38)14-21(34-22)19-12-16(5-7-32-19)23-3-4-25(42-23)29-27-26(40-10-11-41-27)28(43-29)24-2-1-9-39-24/h1-9,12-15H,10-11H2,(H,35,36)(H,37,38). The van der Waals surface area contributed by atoms with E-state index in [2.05, 4.69) is 15.0 Å². The first-order chi connectivity index (χ1) is 20.9. The zero-order valence-corrected chi connectivity index (χ0v) is 22.8. The number of aromatic nitrogens is 3. The topological polar surface area (TPSA) is 158 Å². The number of rotatable bonds is 7. The van der Waals surface area contributed by atoms with Crippen LogP contribution in [0.15, 0.2) is 88.2 Å². The van der Waals surface area contributed by atoms with E-state index in [-0.39, 0.29) is 28.2 Å². The molecule has 7 heterocycles. The number of aromatic carboxylic acids is 2. The summed E-state index contributed by atoms with van der Waals surface area (Å²) in [4.78, 5) is 38.2. The van der Waals surface area contributed by atoms with Crippen LogP contribution in [-0.2, 0) is 0 Å². The zero-order valence-electron chi connectivity index (χ0n) is 22.0. The predicted molar refractivity (Wildman–Crippen MR) is 154 cm³/mol. The molecule has 7 rings (SSSR count). The molecule has 6 aromatic heterocycles. The molecule has 0 spiro atoms. The van der Waals surface area contributed by atoms with Gasteiger partial charge in [0, 0.05) is 18.0 Å². The van der Waals surface area contributed by atoms with Gasteiger partial charge in [-0.3, -0.25) is 9.97 Å². The Morgan fingerprint density at radius 3 is 2.00 bits per heavy atom. The average Bonchev–Trinajstić information content (AvgIpc) is 3.81. The summed E-state index contributed by atoms with van der Waals surface area (Å²) in [5.74, 6) is 0.702. The van der Waals surface area contributed by atoms with Gasteiger partial charge in [-0.2, -0.15) is 0 Å². The van der Waals surface area contributed by atoms with Crippen molar-refractivity contribution in [3.63, 3.8) is 0 Å². The molecule has 0 saturated heterocycles. The maximum absolute atomic E-state index is 11.9. The molecule has 0 amide bonds. The molecule has 212 valence electrons. The van der Waals surface area contributed by atoms with E-state index >= 15 is 0 Å². The maximum Gasteiger partial charge on any atom is 0.335 e. The van der Waals surface area contributed by atoms with Gasteiger partial charge in [-0.1, -0.05) is 0 Å². The number of carboxylic acid groups (broad SMARTS) is 2. The fourth-order valence-electron chi connectivity index (χ4n) is 4.64. The van der Waals surface area contributed by atoms with E-state index in [0.29, 0.717) is 53.3 Å². The first-order valence-electron chi connectivity index (χ1n) is 12.9. The number of furan rings is 2. The third kappa shape index (κ3) is 4.89. The molecule has 0 aromatic carbocycles. The van der Waals surface area contributed by atoms with Crippen molar-refractivity contribution in [3.05, 3.63) is 90.4 Å². The molecule has 0 fully saturated rings. The third-order valence-electron chi connectivity index (χ3n) is 6.62. The van der Waals surface area contributed by atoms with Crippen LogP contribution in [-0.4, -0.2) is 50.3 Å². The number of thiophene rings is 1. The van der Waals surface area contributed by atoms with Crippen LogP contribution in [0.5, 0.6) is 11.5 Å². The predicted octanol–water partition coefficient (Wildman–Crippen LogP) is 6.62. The highest BCUT2D eigenvalue weighted by Crippen LogP contribution is 2.54. The quantitative estimate of drug-likeness (QED) is 0.205. The highest BCUT2D eigenvalue weighted by atomic mass is 32.1. The molecule has 1 aliphatic heterocycles. The molecule has 0 bridgehead atoms. The minimum absolute atomic E-state index is 0.00285. The number of fused-ring (bicyclic) bond motifs is 1. The van der Waals surface area contributed by atoms with E-state index in [0.717, 1.165) is 9.75 Å². The molecule has 0 atom stereocenters. The Kier molecular flexibility index (Phi) is 6.44. The van der Waals surface area contributed by atoms with Crippen molar-refractivity contribution in [1.82, 2.24) is 15.0 Å². The van der Waals surface area contributed by atoms with Gasteiger partial charge in [0.2, 0.25) is 0 Å². The van der Waals surface area contributed by atoms with Crippen molar-refractivity contribution >= 4 is 23.3 Å². The van der Waals surface area contributed by atoms with Gasteiger partial charge in [-0.15, -0.1) is 11.3 Å². The number of carboxylic acids is 2. The van der Waals surface area contributed by atoms with Crippen LogP contribution in [0.25, 0.3) is 55.4 Å². The minimum Gasteiger partial charge on any atom is -0.484 e. The molecule has 6 aromatic rings. The van der Waals surface area contributed by atoms with E-state index in [1.165, 1.54) is 41.8 Å². The molecule has 0 radical (unpaired) electrons. The van der Waals surface area contributed by atoms with Crippen LogP contribution in [0.2, 0.25) is 0 Å². The lowest BCUT2D eigenvalue weighted by Crippen LogP contribution is -2.14. The summed E-state index contributed by atoms with van der Waals surface area (Å²) in [5.41, 5.74) is 1.71. The van der Waals surface area contributed by atoms with Crippen molar-refractivity contribution in [2.75, 3.05) is 13.2 Å². The summed E-state index contributed by atoms with van der Waals surface area (Å²) < 4.78 is 23.7. The summed E-state index contributed by atoms with van der Waals surface area (Å²) >= 11 is 1.44. The fourth-order valence-corrected chi connectivity index (χ4v) is 5.76. The summed E-state index contributed by atoms with van der Waals surface area (Å²) in [5, 5.41) is 19.1. The lowest BCUT2D eigenvalue weighted by atomic mass is 10.1. The molecule has 1 aliphatic rings. The van der Waals surface area contributed by atoms with E-state index in [4.69, 9.17) is 18.3 Å². The summed E-state index contributed by atoms with van der Waals surface area (Å²) in [6.07, 6.45) is 4.51. The Labute approximate surface area is 246 Å². The van der Waals surface area contributed by atoms with E-state index in [9.17, 15) is 19.8 Å². The van der Waals surface area contributed by atoms with Crippen molar-refractivity contribution < 1.29 is 38.1 Å². The van der Waals surface area contributed by atoms with E-state index in [1.807, 2.05) is 24.3 Å². The molecular weight excluding hydrogens is 574 g/mol. The van der Waals surface area contributed by atoms with Gasteiger partial charge in [-0.25, -0.2) is 14.6 Å². The smallest absolute Gasteiger partial charge is 0.335 e. The maximum atomic E-state index is 11.9. The molecular formula is C31H19N3O8S. The van der Waals surface area contributed by atoms with Gasteiger partial charge in [0.1, 0.15) is 40.2 Å². The monoisotopic (exact) mass is 593 g/mol. The first-order valence-corrected chi connectivity index (χ1v) is 13.7. The van der Waals surface area contributed by atoms with Crippen molar-refractivity contribution in [2.45, 2.75) is 0 Å². The van der Waals surface area contributed by atoms with Crippen LogP contribution in [0.3, 0.4) is 0 Å². The summed E-state index contributed by atoms with van der Waals surface area (Å²) in [7, 11) is 0. The number of carbonyl (C=O) groups is 2. The van der Waals surface area contributed by atoms with Crippen LogP contribution in [0.1, 0.15) is 20.7 Å². The Morgan fingerprint density at radius 2 is 1.33 bits per heavy atom. The largest absolute Gasteiger partial charge is 0.484 e. The van der Waals surface area contributed by atoms with E-state index < -0.39 is 11.9 Å². The number of ether oxygens (including phenoxy) is 2. The molecule has 0 unspecified atom stereocenters. The normalized spacial score (nSPS) is 12.3. The second-order valence-corrected chi connectivity index (χ2v) is 10.4. The lowest BCUT2D eigenvalue weighted by Gasteiger charge is -2.16. The second kappa shape index (κ2) is 10.6. The molecule has 0 aliphatic carbocycles. The van der Waals surface area contributed by atoms with Gasteiger partial charge in [0.15, 0.2) is 11.5 Å². The molecule has 2 N–H and O–H groups in total. The Bertz CT molecular complexity index is 2010. The minimum atomic E-state index is -1.18. The van der Waals surface area contributed by atoms with Gasteiger partial charge in [-0.05, 0) is 60.7 Å². The van der Waals surface area contributed by atoms with Crippen LogP contribution in [0.4, 0.5) is 0 Å². The van der Waals surface area contributed by atoms with Crippen molar-refractivity contribution in [1.29, 1.82) is 0 Å².